The Morgan fingerprint density at radius 1 is 0.414 bits per heavy atom. The van der Waals surface area contributed by atoms with Gasteiger partial charge in [-0.2, -0.15) is 0 Å². The van der Waals surface area contributed by atoms with Crippen molar-refractivity contribution in [3.63, 3.8) is 0 Å². The Hall–Kier alpha value is -2.82. The van der Waals surface area contributed by atoms with Crippen molar-refractivity contribution in [2.45, 2.75) is 290 Å². The highest BCUT2D eigenvalue weighted by Crippen LogP contribution is 2.22. The highest BCUT2D eigenvalue weighted by Gasteiger charge is 2.20. The normalized spacial score (nSPS) is 13.2. The van der Waals surface area contributed by atoms with E-state index in [1.165, 1.54) is 154 Å². The van der Waals surface area contributed by atoms with Crippen LogP contribution >= 0.6 is 0 Å². The molecule has 0 aromatic rings. The molecule has 1 aliphatic heterocycles. The Morgan fingerprint density at radius 2 is 0.786 bits per heavy atom. The number of carbonyl (C=O) groups excluding carboxylic acids is 4. The maximum atomic E-state index is 12.9. The maximum absolute atomic E-state index is 12.9. The molecule has 1 heterocycles. The van der Waals surface area contributed by atoms with E-state index in [9.17, 15) is 19.2 Å². The van der Waals surface area contributed by atoms with E-state index >= 15 is 0 Å². The zero-order chi connectivity index (χ0) is 51.0. The minimum absolute atomic E-state index is 0.0354. The van der Waals surface area contributed by atoms with Crippen molar-refractivity contribution in [3.8, 4) is 0 Å². The molecule has 1 saturated heterocycles. The Kier molecular flexibility index (Phi) is 45.1. The van der Waals surface area contributed by atoms with Crippen LogP contribution in [0.1, 0.15) is 278 Å². The molecule has 1 aliphatic rings. The molecule has 0 aromatic heterocycles. The lowest BCUT2D eigenvalue weighted by molar-refractivity contribution is -0.152. The van der Waals surface area contributed by atoms with E-state index in [0.717, 1.165) is 76.8 Å². The summed E-state index contributed by atoms with van der Waals surface area (Å²) in [5.74, 6) is -0.727. The van der Waals surface area contributed by atoms with Gasteiger partial charge in [-0.15, -0.1) is 0 Å². The molecule has 0 aliphatic carbocycles. The maximum Gasteiger partial charge on any atom is 0.508 e. The molecular formula is C59H109NO10. The SMILES string of the molecule is C=C(CCCCC(=O)OCC(COC(=O)CCCCC(=O)OC(CCCCCCCC)CCCCCCCC)COC(=O)OCCCN1CCCC1)OC(CCCCCCCC)CCCCCCCC. The largest absolute Gasteiger partial charge is 0.508 e. The molecule has 1 fully saturated rings. The summed E-state index contributed by atoms with van der Waals surface area (Å²) in [4.78, 5) is 53.5. The fraction of sp³-hybridized carbons (Fsp3) is 0.898. The molecule has 0 amide bonds. The van der Waals surface area contributed by atoms with E-state index < -0.39 is 18.0 Å². The Labute approximate surface area is 429 Å². The first kappa shape index (κ1) is 65.2. The zero-order valence-corrected chi connectivity index (χ0v) is 46.0. The number of rotatable bonds is 51. The van der Waals surface area contributed by atoms with Crippen LogP contribution in [0.2, 0.25) is 0 Å². The summed E-state index contributed by atoms with van der Waals surface area (Å²) in [7, 11) is 0. The predicted molar refractivity (Wildman–Crippen MR) is 286 cm³/mol. The van der Waals surface area contributed by atoms with Crippen LogP contribution in [-0.4, -0.2) is 87.2 Å². The van der Waals surface area contributed by atoms with Gasteiger partial charge < -0.3 is 33.3 Å². The van der Waals surface area contributed by atoms with Crippen LogP contribution in [0, 0.1) is 5.92 Å². The third kappa shape index (κ3) is 41.8. The van der Waals surface area contributed by atoms with Gasteiger partial charge in [0.25, 0.3) is 0 Å². The van der Waals surface area contributed by atoms with Crippen LogP contribution in [0.4, 0.5) is 4.79 Å². The van der Waals surface area contributed by atoms with E-state index in [1.54, 1.807) is 0 Å². The second-order valence-electron chi connectivity index (χ2n) is 20.6. The van der Waals surface area contributed by atoms with Crippen molar-refractivity contribution in [1.29, 1.82) is 0 Å². The first-order chi connectivity index (χ1) is 34.2. The monoisotopic (exact) mass is 992 g/mol. The average molecular weight is 993 g/mol. The average Bonchev–Trinajstić information content (AvgIpc) is 3.88. The van der Waals surface area contributed by atoms with Gasteiger partial charge >= 0.3 is 24.1 Å². The van der Waals surface area contributed by atoms with E-state index in [0.29, 0.717) is 25.7 Å². The fourth-order valence-electron chi connectivity index (χ4n) is 9.19. The lowest BCUT2D eigenvalue weighted by Gasteiger charge is -2.21. The summed E-state index contributed by atoms with van der Waals surface area (Å²) in [6.07, 6.45) is 40.0. The molecule has 1 unspecified atom stereocenters. The number of carbonyl (C=O) groups is 4. The highest BCUT2D eigenvalue weighted by atomic mass is 16.7. The number of nitrogens with zero attached hydrogens (tertiary/aromatic N) is 1. The predicted octanol–water partition coefficient (Wildman–Crippen LogP) is 16.3. The summed E-state index contributed by atoms with van der Waals surface area (Å²) in [6.45, 7) is 16.2. The first-order valence-electron chi connectivity index (χ1n) is 29.6. The number of unbranched alkanes of at least 4 members (excludes halogenated alkanes) is 22. The van der Waals surface area contributed by atoms with Crippen molar-refractivity contribution >= 4 is 24.1 Å². The highest BCUT2D eigenvalue weighted by molar-refractivity contribution is 5.71. The molecular weight excluding hydrogens is 883 g/mol. The van der Waals surface area contributed by atoms with Crippen molar-refractivity contribution in [2.75, 3.05) is 46.1 Å². The van der Waals surface area contributed by atoms with E-state index in [4.69, 9.17) is 28.4 Å². The molecule has 0 aromatic carbocycles. The van der Waals surface area contributed by atoms with Crippen molar-refractivity contribution < 1.29 is 47.6 Å². The number of hydrogen-bond donors (Lipinski definition) is 0. The molecule has 1 rings (SSSR count). The van der Waals surface area contributed by atoms with Crippen LogP contribution in [0.5, 0.6) is 0 Å². The van der Waals surface area contributed by atoms with Gasteiger partial charge in [0.2, 0.25) is 0 Å². The second-order valence-corrected chi connectivity index (χ2v) is 20.6. The number of likely N-dealkylation sites (tertiary alicyclic amines) is 1. The molecule has 0 bridgehead atoms. The topological polar surface area (TPSA) is 127 Å². The van der Waals surface area contributed by atoms with Crippen LogP contribution < -0.4 is 0 Å². The number of ether oxygens (including phenoxy) is 6. The van der Waals surface area contributed by atoms with E-state index in [1.807, 2.05) is 0 Å². The van der Waals surface area contributed by atoms with E-state index in [2.05, 4.69) is 39.2 Å². The molecule has 70 heavy (non-hydrogen) atoms. The van der Waals surface area contributed by atoms with Gasteiger partial charge in [-0.3, -0.25) is 14.4 Å². The molecule has 410 valence electrons. The van der Waals surface area contributed by atoms with Crippen LogP contribution in [-0.2, 0) is 42.8 Å². The molecule has 0 N–H and O–H groups in total. The smallest absolute Gasteiger partial charge is 0.495 e. The summed E-state index contributed by atoms with van der Waals surface area (Å²) >= 11 is 0. The second kappa shape index (κ2) is 48.4. The van der Waals surface area contributed by atoms with Crippen LogP contribution in [0.25, 0.3) is 0 Å². The van der Waals surface area contributed by atoms with Gasteiger partial charge in [-0.25, -0.2) is 4.79 Å². The van der Waals surface area contributed by atoms with Gasteiger partial charge in [-0.1, -0.05) is 163 Å². The number of allylic oxidation sites excluding steroid dienone is 1. The van der Waals surface area contributed by atoms with Crippen molar-refractivity contribution in [3.05, 3.63) is 12.3 Å². The molecule has 11 nitrogen and oxygen atoms in total. The molecule has 0 radical (unpaired) electrons. The third-order valence-electron chi connectivity index (χ3n) is 13.7. The Bertz CT molecular complexity index is 1150. The van der Waals surface area contributed by atoms with Crippen LogP contribution in [0.15, 0.2) is 12.3 Å². The van der Waals surface area contributed by atoms with Gasteiger partial charge in [0.05, 0.1) is 24.4 Å². The Balaban J connectivity index is 2.58. The van der Waals surface area contributed by atoms with Crippen LogP contribution in [0.3, 0.4) is 0 Å². The van der Waals surface area contributed by atoms with Crippen molar-refractivity contribution in [2.24, 2.45) is 5.92 Å². The standard InChI is InChI=1S/C59H109NO10/c1-6-10-14-18-22-26-38-54(39-27-23-19-15-11-7-2)69-52(5)37-30-31-42-56(61)66-49-53(51-68-59(64)65-48-36-47-60-45-34-35-46-60)50-67-57(62)43-32-33-44-58(63)70-55(40-28-24-20-16-12-8-3)41-29-25-21-17-13-9-4/h53-55H,5-51H2,1-4H3. The molecule has 0 saturated carbocycles. The molecule has 11 heteroatoms. The molecule has 0 spiro atoms. The van der Waals surface area contributed by atoms with E-state index in [-0.39, 0.29) is 69.8 Å². The number of esters is 3. The summed E-state index contributed by atoms with van der Waals surface area (Å²) in [5, 5.41) is 0. The summed E-state index contributed by atoms with van der Waals surface area (Å²) in [5.41, 5.74) is 0. The third-order valence-corrected chi connectivity index (χ3v) is 13.7. The Morgan fingerprint density at radius 3 is 1.23 bits per heavy atom. The minimum atomic E-state index is -0.791. The minimum Gasteiger partial charge on any atom is -0.495 e. The van der Waals surface area contributed by atoms with Gasteiger partial charge in [0.15, 0.2) is 0 Å². The molecule has 1 atom stereocenters. The lowest BCUT2D eigenvalue weighted by Crippen LogP contribution is -2.27. The lowest BCUT2D eigenvalue weighted by atomic mass is 10.0. The van der Waals surface area contributed by atoms with Gasteiger partial charge in [0, 0.05) is 32.2 Å². The summed E-state index contributed by atoms with van der Waals surface area (Å²) in [6, 6.07) is 0. The first-order valence-corrected chi connectivity index (χ1v) is 29.6. The number of hydrogen-bond acceptors (Lipinski definition) is 11. The van der Waals surface area contributed by atoms with Gasteiger partial charge in [-0.05, 0) is 109 Å². The van der Waals surface area contributed by atoms with Crippen molar-refractivity contribution in [1.82, 2.24) is 4.90 Å². The zero-order valence-electron chi connectivity index (χ0n) is 46.0. The quantitative estimate of drug-likeness (QED) is 0.0250. The summed E-state index contributed by atoms with van der Waals surface area (Å²) < 4.78 is 34.3. The van der Waals surface area contributed by atoms with Gasteiger partial charge in [0.1, 0.15) is 25.9 Å². The fourth-order valence-corrected chi connectivity index (χ4v) is 9.19.